The highest BCUT2D eigenvalue weighted by molar-refractivity contribution is 7.99. The number of aryl methyl sites for hydroxylation is 3. The smallest absolute Gasteiger partial charge is 0.247 e. The van der Waals surface area contributed by atoms with Crippen molar-refractivity contribution in [3.8, 4) is 17.1 Å². The third-order valence-electron chi connectivity index (χ3n) is 4.97. The molecule has 1 atom stereocenters. The monoisotopic (exact) mass is 420 g/mol. The maximum absolute atomic E-state index is 12.9. The maximum Gasteiger partial charge on any atom is 0.247 e. The van der Waals surface area contributed by atoms with E-state index in [9.17, 15) is 4.79 Å². The number of rotatable bonds is 3. The van der Waals surface area contributed by atoms with Crippen molar-refractivity contribution in [2.24, 2.45) is 0 Å². The van der Waals surface area contributed by atoms with Crippen molar-refractivity contribution in [1.82, 2.24) is 15.2 Å². The summed E-state index contributed by atoms with van der Waals surface area (Å²) in [6.45, 7) is 9.64. The summed E-state index contributed by atoms with van der Waals surface area (Å²) in [5.74, 6) is 1.11. The van der Waals surface area contributed by atoms with Crippen LogP contribution in [-0.2, 0) is 4.79 Å². The Bertz CT molecular complexity index is 1130. The Morgan fingerprint density at radius 2 is 1.93 bits per heavy atom. The fourth-order valence-corrected chi connectivity index (χ4v) is 4.34. The molecule has 0 saturated carbocycles. The first kappa shape index (κ1) is 20.3. The van der Waals surface area contributed by atoms with E-state index in [1.54, 1.807) is 11.8 Å². The lowest BCUT2D eigenvalue weighted by atomic mass is 10.00. The van der Waals surface area contributed by atoms with E-state index in [0.29, 0.717) is 16.7 Å². The molecule has 154 valence electrons. The summed E-state index contributed by atoms with van der Waals surface area (Å²) in [6, 6.07) is 12.1. The van der Waals surface area contributed by atoms with Crippen molar-refractivity contribution >= 4 is 23.4 Å². The van der Waals surface area contributed by atoms with Gasteiger partial charge in [-0.3, -0.25) is 9.69 Å². The van der Waals surface area contributed by atoms with E-state index in [4.69, 9.17) is 4.74 Å². The van der Waals surface area contributed by atoms with Crippen molar-refractivity contribution < 1.29 is 9.53 Å². The molecule has 0 aliphatic carbocycles. The Morgan fingerprint density at radius 3 is 2.63 bits per heavy atom. The molecule has 1 aliphatic rings. The lowest BCUT2D eigenvalue weighted by Crippen LogP contribution is -2.36. The van der Waals surface area contributed by atoms with Gasteiger partial charge in [0, 0.05) is 18.1 Å². The fraction of sp³-hybridized carbons (Fsp3) is 0.304. The predicted octanol–water partition coefficient (Wildman–Crippen LogP) is 5.02. The highest BCUT2D eigenvalue weighted by atomic mass is 32.2. The van der Waals surface area contributed by atoms with Crippen LogP contribution in [0.15, 0.2) is 41.6 Å². The first-order valence-electron chi connectivity index (χ1n) is 9.91. The molecule has 1 amide bonds. The van der Waals surface area contributed by atoms with Crippen molar-refractivity contribution in [3.05, 3.63) is 58.7 Å². The van der Waals surface area contributed by atoms with Gasteiger partial charge in [-0.2, -0.15) is 4.98 Å². The van der Waals surface area contributed by atoms with Crippen LogP contribution in [0, 0.1) is 20.8 Å². The van der Waals surface area contributed by atoms with Crippen LogP contribution in [0.4, 0.5) is 5.69 Å². The zero-order chi connectivity index (χ0) is 21.4. The number of benzene rings is 2. The number of thioether (sulfide) groups is 1. The molecule has 0 spiro atoms. The number of ether oxygens (including phenoxy) is 1. The molecule has 0 bridgehead atoms. The van der Waals surface area contributed by atoms with Crippen molar-refractivity contribution in [3.63, 3.8) is 0 Å². The number of hydrogen-bond acceptors (Lipinski definition) is 6. The molecule has 0 saturated heterocycles. The minimum atomic E-state index is -0.653. The molecular weight excluding hydrogens is 396 g/mol. The van der Waals surface area contributed by atoms with Gasteiger partial charge in [-0.05, 0) is 38.2 Å². The lowest BCUT2D eigenvalue weighted by Gasteiger charge is -2.31. The minimum Gasteiger partial charge on any atom is -0.447 e. The number of amides is 1. The van der Waals surface area contributed by atoms with Crippen molar-refractivity contribution in [1.29, 1.82) is 0 Å². The second-order valence-corrected chi connectivity index (χ2v) is 8.66. The molecule has 2 heterocycles. The molecule has 30 heavy (non-hydrogen) atoms. The fourth-order valence-electron chi connectivity index (χ4n) is 3.84. The number of carbonyl (C=O) groups excluding carboxylic acids is 1. The van der Waals surface area contributed by atoms with Gasteiger partial charge in [-0.25, -0.2) is 0 Å². The number of nitrogens with zero attached hydrogens (tertiary/aromatic N) is 4. The molecule has 0 fully saturated rings. The highest BCUT2D eigenvalue weighted by Crippen LogP contribution is 2.45. The quantitative estimate of drug-likeness (QED) is 0.554. The minimum absolute atomic E-state index is 0.112. The topological polar surface area (TPSA) is 68.2 Å². The normalized spacial score (nSPS) is 15.1. The average Bonchev–Trinajstić information content (AvgIpc) is 2.83. The van der Waals surface area contributed by atoms with Crippen LogP contribution in [0.2, 0.25) is 0 Å². The Labute approximate surface area is 180 Å². The average molecular weight is 421 g/mol. The summed E-state index contributed by atoms with van der Waals surface area (Å²) in [5.41, 5.74) is 6.16. The largest absolute Gasteiger partial charge is 0.447 e. The van der Waals surface area contributed by atoms with Crippen LogP contribution in [0.3, 0.4) is 0 Å². The summed E-state index contributed by atoms with van der Waals surface area (Å²) in [4.78, 5) is 19.3. The van der Waals surface area contributed by atoms with Gasteiger partial charge in [0.05, 0.1) is 5.69 Å². The van der Waals surface area contributed by atoms with Crippen LogP contribution in [0.1, 0.15) is 42.3 Å². The molecule has 4 rings (SSSR count). The number of anilines is 1. The first-order valence-corrected chi connectivity index (χ1v) is 10.9. The summed E-state index contributed by atoms with van der Waals surface area (Å²) in [6.07, 6.45) is -0.653. The van der Waals surface area contributed by atoms with E-state index in [1.807, 2.05) is 58.0 Å². The molecule has 7 heteroatoms. The Balaban J connectivity index is 2.02. The van der Waals surface area contributed by atoms with E-state index in [1.165, 1.54) is 11.8 Å². The van der Waals surface area contributed by atoms with Gasteiger partial charge in [0.15, 0.2) is 5.69 Å². The second kappa shape index (κ2) is 8.07. The molecule has 0 N–H and O–H groups in total. The second-order valence-electron chi connectivity index (χ2n) is 7.43. The molecule has 1 aliphatic heterocycles. The molecule has 0 unspecified atom stereocenters. The lowest BCUT2D eigenvalue weighted by molar-refractivity contribution is -0.118. The SMILES string of the molecule is CCSc1nnc2c(n1)O[C@H](c1cccc(C)c1)N(C(C)=O)c1c(C)cc(C)cc1-2. The highest BCUT2D eigenvalue weighted by Gasteiger charge is 2.35. The number of carbonyl (C=O) groups is 1. The van der Waals surface area contributed by atoms with Gasteiger partial charge in [0.25, 0.3) is 0 Å². The van der Waals surface area contributed by atoms with Crippen LogP contribution >= 0.6 is 11.8 Å². The Hall–Kier alpha value is -2.93. The van der Waals surface area contributed by atoms with E-state index in [-0.39, 0.29) is 5.91 Å². The molecule has 1 aromatic heterocycles. The van der Waals surface area contributed by atoms with Gasteiger partial charge in [0.2, 0.25) is 23.2 Å². The molecule has 2 aromatic carbocycles. The number of fused-ring (bicyclic) bond motifs is 3. The first-order chi connectivity index (χ1) is 14.4. The zero-order valence-electron chi connectivity index (χ0n) is 17.8. The Kier molecular flexibility index (Phi) is 5.47. The van der Waals surface area contributed by atoms with Gasteiger partial charge in [-0.15, -0.1) is 10.2 Å². The third kappa shape index (κ3) is 3.65. The summed E-state index contributed by atoms with van der Waals surface area (Å²) >= 11 is 1.50. The van der Waals surface area contributed by atoms with Gasteiger partial charge in [0.1, 0.15) is 0 Å². The summed E-state index contributed by atoms with van der Waals surface area (Å²) < 4.78 is 6.41. The predicted molar refractivity (Wildman–Crippen MR) is 119 cm³/mol. The summed E-state index contributed by atoms with van der Waals surface area (Å²) in [5, 5.41) is 9.30. The summed E-state index contributed by atoms with van der Waals surface area (Å²) in [7, 11) is 0. The van der Waals surface area contributed by atoms with Gasteiger partial charge >= 0.3 is 0 Å². The molecule has 0 radical (unpaired) electrons. The van der Waals surface area contributed by atoms with E-state index >= 15 is 0 Å². The van der Waals surface area contributed by atoms with Crippen LogP contribution < -0.4 is 9.64 Å². The van der Waals surface area contributed by atoms with E-state index in [2.05, 4.69) is 21.2 Å². The van der Waals surface area contributed by atoms with E-state index in [0.717, 1.165) is 39.3 Å². The van der Waals surface area contributed by atoms with Crippen molar-refractivity contribution in [2.45, 2.75) is 46.0 Å². The number of aromatic nitrogens is 3. The number of hydrogen-bond donors (Lipinski definition) is 0. The zero-order valence-corrected chi connectivity index (χ0v) is 18.6. The standard InChI is InChI=1S/C23H24N4O2S/c1-6-30-23-24-21-19(25-26-23)18-12-14(3)10-15(4)20(18)27(16(5)28)22(29-21)17-9-7-8-13(2)11-17/h7-12,22H,6H2,1-5H3/t22-/m1/s1. The third-order valence-corrected chi connectivity index (χ3v) is 5.69. The van der Waals surface area contributed by atoms with Crippen LogP contribution in [0.25, 0.3) is 11.3 Å². The van der Waals surface area contributed by atoms with Crippen molar-refractivity contribution in [2.75, 3.05) is 10.7 Å². The van der Waals surface area contributed by atoms with E-state index < -0.39 is 6.23 Å². The van der Waals surface area contributed by atoms with Crippen LogP contribution in [0.5, 0.6) is 5.88 Å². The van der Waals surface area contributed by atoms with Gasteiger partial charge in [-0.1, -0.05) is 60.1 Å². The maximum atomic E-state index is 12.9. The van der Waals surface area contributed by atoms with Crippen LogP contribution in [-0.4, -0.2) is 26.8 Å². The molecule has 6 nitrogen and oxygen atoms in total. The molecular formula is C23H24N4O2S. The van der Waals surface area contributed by atoms with Gasteiger partial charge < -0.3 is 4.74 Å². The Morgan fingerprint density at radius 1 is 1.13 bits per heavy atom. The molecule has 3 aromatic rings.